The standard InChI is InChI=1S/C14H16N4O5SSe/c1-22-11-8-12(23-2)16-13(15-11)17-14(19)18-24(20,21)9-6-4-5-7-10(9)25-3/h4-8H,1-3H3,(H2,15,16,17,18,19). The first kappa shape index (κ1) is 19.0. The van der Waals surface area contributed by atoms with Crippen LogP contribution in [-0.4, -0.2) is 53.6 Å². The van der Waals surface area contributed by atoms with Gasteiger partial charge in [0.05, 0.1) is 0 Å². The third kappa shape index (κ3) is 4.81. The Morgan fingerprint density at radius 3 is 2.28 bits per heavy atom. The normalized spacial score (nSPS) is 10.8. The van der Waals surface area contributed by atoms with E-state index in [9.17, 15) is 13.2 Å². The minimum absolute atomic E-state index is 0.0505. The number of methoxy groups -OCH3 is 2. The predicted molar refractivity (Wildman–Crippen MR) is 92.2 cm³/mol. The number of carbonyl (C=O) groups excluding carboxylic acids is 1. The van der Waals surface area contributed by atoms with E-state index in [0.717, 1.165) is 0 Å². The Kier molecular flexibility index (Phi) is 6.18. The summed E-state index contributed by atoms with van der Waals surface area (Å²) < 4.78 is 37.3. The average Bonchev–Trinajstić information content (AvgIpc) is 2.60. The molecule has 9 nitrogen and oxygen atoms in total. The molecule has 1 aromatic heterocycles. The van der Waals surface area contributed by atoms with Gasteiger partial charge in [0.25, 0.3) is 0 Å². The molecule has 134 valence electrons. The summed E-state index contributed by atoms with van der Waals surface area (Å²) in [5.74, 6) is 2.04. The molecule has 0 atom stereocenters. The second-order valence-electron chi connectivity index (χ2n) is 4.49. The fourth-order valence-electron chi connectivity index (χ4n) is 1.81. The summed E-state index contributed by atoms with van der Waals surface area (Å²) in [6, 6.07) is 6.92. The summed E-state index contributed by atoms with van der Waals surface area (Å²) in [6.45, 7) is 0. The van der Waals surface area contributed by atoms with Crippen molar-refractivity contribution in [2.24, 2.45) is 0 Å². The number of amides is 2. The molecule has 0 fully saturated rings. The first-order chi connectivity index (χ1) is 11.9. The molecule has 0 aliphatic rings. The molecule has 11 heteroatoms. The van der Waals surface area contributed by atoms with Gasteiger partial charge in [0, 0.05) is 0 Å². The van der Waals surface area contributed by atoms with E-state index in [-0.39, 0.29) is 37.6 Å². The number of anilines is 1. The van der Waals surface area contributed by atoms with Gasteiger partial charge in [0.1, 0.15) is 0 Å². The molecule has 0 aliphatic heterocycles. The van der Waals surface area contributed by atoms with Gasteiger partial charge in [-0.3, -0.25) is 0 Å². The number of nitrogens with zero attached hydrogens (tertiary/aromatic N) is 2. The van der Waals surface area contributed by atoms with E-state index in [1.54, 1.807) is 18.2 Å². The van der Waals surface area contributed by atoms with Crippen molar-refractivity contribution < 1.29 is 22.7 Å². The van der Waals surface area contributed by atoms with E-state index < -0.39 is 16.1 Å². The number of ether oxygens (including phenoxy) is 2. The van der Waals surface area contributed by atoms with E-state index in [4.69, 9.17) is 9.47 Å². The van der Waals surface area contributed by atoms with Crippen molar-refractivity contribution in [3.05, 3.63) is 30.3 Å². The van der Waals surface area contributed by atoms with Gasteiger partial charge in [-0.2, -0.15) is 0 Å². The minimum atomic E-state index is -4.02. The molecule has 0 aliphatic carbocycles. The van der Waals surface area contributed by atoms with Crippen LogP contribution in [0, 0.1) is 0 Å². The molecule has 0 saturated carbocycles. The van der Waals surface area contributed by atoms with Crippen LogP contribution in [0.4, 0.5) is 10.7 Å². The number of carbonyl (C=O) groups is 1. The summed E-state index contributed by atoms with van der Waals surface area (Å²) in [6.07, 6.45) is 0. The van der Waals surface area contributed by atoms with E-state index in [2.05, 4.69) is 15.3 Å². The van der Waals surface area contributed by atoms with Gasteiger partial charge in [0.15, 0.2) is 0 Å². The molecule has 0 radical (unpaired) electrons. The van der Waals surface area contributed by atoms with Crippen molar-refractivity contribution >= 4 is 41.4 Å². The molecule has 2 aromatic rings. The molecule has 0 unspecified atom stereocenters. The number of hydrogen-bond donors (Lipinski definition) is 2. The third-order valence-corrected chi connectivity index (χ3v) is 6.26. The second kappa shape index (κ2) is 8.15. The molecule has 2 N–H and O–H groups in total. The van der Waals surface area contributed by atoms with Gasteiger partial charge in [-0.15, -0.1) is 0 Å². The predicted octanol–water partition coefficient (Wildman–Crippen LogP) is 0.382. The number of rotatable bonds is 6. The summed E-state index contributed by atoms with van der Waals surface area (Å²) in [7, 11) is -1.24. The van der Waals surface area contributed by atoms with Crippen LogP contribution in [0.5, 0.6) is 11.8 Å². The van der Waals surface area contributed by atoms with Crippen LogP contribution in [0.3, 0.4) is 0 Å². The first-order valence-electron chi connectivity index (χ1n) is 6.83. The molecular weight excluding hydrogens is 415 g/mol. The van der Waals surface area contributed by atoms with Crippen LogP contribution in [0.2, 0.25) is 5.82 Å². The molecule has 1 aromatic carbocycles. The maximum atomic E-state index is 12.4. The SMILES string of the molecule is COc1cc(OC)nc(NC(=O)NS(=O)(=O)c2ccccc2[Se]C)n1. The molecule has 0 bridgehead atoms. The topological polar surface area (TPSA) is 120 Å². The monoisotopic (exact) mass is 432 g/mol. The molecule has 0 saturated heterocycles. The summed E-state index contributed by atoms with van der Waals surface area (Å²) in [5.41, 5.74) is 0. The van der Waals surface area contributed by atoms with Gasteiger partial charge in [0.2, 0.25) is 0 Å². The van der Waals surface area contributed by atoms with Crippen LogP contribution < -0.4 is 24.0 Å². The number of aromatic nitrogens is 2. The fourth-order valence-corrected chi connectivity index (χ4v) is 4.95. The number of urea groups is 1. The van der Waals surface area contributed by atoms with Crippen molar-refractivity contribution in [1.82, 2.24) is 14.7 Å². The van der Waals surface area contributed by atoms with Gasteiger partial charge in [-0.05, 0) is 0 Å². The number of nitrogens with one attached hydrogen (secondary N) is 2. The van der Waals surface area contributed by atoms with Crippen LogP contribution in [-0.2, 0) is 10.0 Å². The average molecular weight is 431 g/mol. The third-order valence-electron chi connectivity index (χ3n) is 2.91. The van der Waals surface area contributed by atoms with Gasteiger partial charge in [-0.1, -0.05) is 0 Å². The van der Waals surface area contributed by atoms with Crippen LogP contribution >= 0.6 is 0 Å². The van der Waals surface area contributed by atoms with E-state index in [1.807, 2.05) is 10.5 Å². The number of benzene rings is 1. The first-order valence-corrected chi connectivity index (χ1v) is 10.9. The summed E-state index contributed by atoms with van der Waals surface area (Å²) >= 11 is -0.0505. The molecule has 25 heavy (non-hydrogen) atoms. The van der Waals surface area contributed by atoms with Crippen molar-refractivity contribution in [3.8, 4) is 11.8 Å². The second-order valence-corrected chi connectivity index (χ2v) is 7.92. The van der Waals surface area contributed by atoms with Crippen molar-refractivity contribution in [1.29, 1.82) is 0 Å². The molecule has 2 rings (SSSR count). The Morgan fingerprint density at radius 2 is 1.72 bits per heavy atom. The Labute approximate surface area is 151 Å². The van der Waals surface area contributed by atoms with E-state index in [0.29, 0.717) is 4.46 Å². The van der Waals surface area contributed by atoms with Crippen LogP contribution in [0.15, 0.2) is 35.2 Å². The zero-order chi connectivity index (χ0) is 18.4. The molecule has 1 heterocycles. The van der Waals surface area contributed by atoms with Crippen molar-refractivity contribution in [2.75, 3.05) is 19.5 Å². The maximum absolute atomic E-state index is 12.4. The van der Waals surface area contributed by atoms with Crippen LogP contribution in [0.25, 0.3) is 0 Å². The molecule has 0 spiro atoms. The Morgan fingerprint density at radius 1 is 1.12 bits per heavy atom. The molecular formula is C14H16N4O5SSe. The Balaban J connectivity index is 2.19. The molecule has 2 amide bonds. The number of sulfonamides is 1. The van der Waals surface area contributed by atoms with Gasteiger partial charge in [-0.25, -0.2) is 0 Å². The van der Waals surface area contributed by atoms with E-state index in [1.165, 1.54) is 26.4 Å². The Hall–Kier alpha value is -2.36. The number of hydrogen-bond acceptors (Lipinski definition) is 7. The van der Waals surface area contributed by atoms with Gasteiger partial charge >= 0.3 is 151 Å². The van der Waals surface area contributed by atoms with Gasteiger partial charge < -0.3 is 0 Å². The van der Waals surface area contributed by atoms with Crippen LogP contribution in [0.1, 0.15) is 0 Å². The Bertz CT molecular complexity index is 853. The van der Waals surface area contributed by atoms with Crippen molar-refractivity contribution in [3.63, 3.8) is 0 Å². The van der Waals surface area contributed by atoms with Crippen molar-refractivity contribution in [2.45, 2.75) is 10.7 Å². The van der Waals surface area contributed by atoms with E-state index >= 15 is 0 Å². The zero-order valence-electron chi connectivity index (χ0n) is 13.6. The zero-order valence-corrected chi connectivity index (χ0v) is 16.2. The fraction of sp³-hybridized carbons (Fsp3) is 0.214. The summed E-state index contributed by atoms with van der Waals surface area (Å²) in [4.78, 5) is 19.9. The quantitative estimate of drug-likeness (QED) is 0.635. The summed E-state index contributed by atoms with van der Waals surface area (Å²) in [5, 5.41) is 2.25.